The van der Waals surface area contributed by atoms with Gasteiger partial charge in [-0.3, -0.25) is 4.90 Å². The number of aromatic nitrogens is 2. The van der Waals surface area contributed by atoms with Gasteiger partial charge in [0.15, 0.2) is 0 Å². The van der Waals surface area contributed by atoms with Crippen LogP contribution in [0.15, 0.2) is 6.20 Å². The zero-order valence-electron chi connectivity index (χ0n) is 11.6. The topological polar surface area (TPSA) is 50.3 Å². The van der Waals surface area contributed by atoms with E-state index in [1.165, 1.54) is 17.7 Å². The van der Waals surface area contributed by atoms with E-state index in [0.29, 0.717) is 6.10 Å². The third kappa shape index (κ3) is 3.04. The van der Waals surface area contributed by atoms with Crippen LogP contribution >= 0.6 is 0 Å². The first-order chi connectivity index (χ1) is 9.35. The number of hydrogen-bond donors (Lipinski definition) is 1. The summed E-state index contributed by atoms with van der Waals surface area (Å²) in [7, 11) is 0. The average molecular weight is 262 g/mol. The van der Waals surface area contributed by atoms with Crippen molar-refractivity contribution in [3.05, 3.63) is 17.5 Å². The molecule has 0 radical (unpaired) electrons. The van der Waals surface area contributed by atoms with Crippen molar-refractivity contribution in [1.29, 1.82) is 0 Å². The van der Waals surface area contributed by atoms with Crippen LogP contribution in [0.1, 0.15) is 31.0 Å². The van der Waals surface area contributed by atoms with Crippen LogP contribution in [-0.4, -0.2) is 47.2 Å². The van der Waals surface area contributed by atoms with Crippen molar-refractivity contribution in [2.45, 2.75) is 38.8 Å². The van der Waals surface area contributed by atoms with E-state index < -0.39 is 0 Å². The summed E-state index contributed by atoms with van der Waals surface area (Å²) in [4.78, 5) is 11.5. The van der Waals surface area contributed by atoms with E-state index in [4.69, 9.17) is 4.74 Å². The Morgan fingerprint density at radius 1 is 1.53 bits per heavy atom. The zero-order chi connectivity index (χ0) is 13.1. The molecule has 2 aliphatic rings. The van der Waals surface area contributed by atoms with Crippen LogP contribution in [0.3, 0.4) is 0 Å². The van der Waals surface area contributed by atoms with E-state index in [9.17, 15) is 0 Å². The van der Waals surface area contributed by atoms with E-state index in [-0.39, 0.29) is 0 Å². The van der Waals surface area contributed by atoms with Crippen molar-refractivity contribution in [3.63, 3.8) is 0 Å². The lowest BCUT2D eigenvalue weighted by Crippen LogP contribution is -2.31. The van der Waals surface area contributed by atoms with Gasteiger partial charge in [0.2, 0.25) is 5.95 Å². The maximum Gasteiger partial charge on any atom is 0.222 e. The molecule has 0 amide bonds. The summed E-state index contributed by atoms with van der Waals surface area (Å²) < 4.78 is 5.59. The van der Waals surface area contributed by atoms with Gasteiger partial charge in [-0.05, 0) is 19.4 Å². The second kappa shape index (κ2) is 5.84. The Kier molecular flexibility index (Phi) is 3.94. The fraction of sp³-hybridized carbons (Fsp3) is 0.714. The first-order valence-corrected chi connectivity index (χ1v) is 7.28. The van der Waals surface area contributed by atoms with Crippen molar-refractivity contribution in [2.75, 3.05) is 31.6 Å². The Labute approximate surface area is 114 Å². The molecule has 1 aromatic heterocycles. The summed E-state index contributed by atoms with van der Waals surface area (Å²) in [5.74, 6) is 0.749. The SMILES string of the molecule is CCN1CCc2nc(NCC3CCCO3)ncc2C1. The fourth-order valence-corrected chi connectivity index (χ4v) is 2.74. The number of likely N-dealkylation sites (N-methyl/N-ethyl adjacent to an activating group) is 1. The monoisotopic (exact) mass is 262 g/mol. The molecule has 2 aliphatic heterocycles. The van der Waals surface area contributed by atoms with E-state index in [1.54, 1.807) is 0 Å². The van der Waals surface area contributed by atoms with E-state index in [2.05, 4.69) is 27.1 Å². The lowest BCUT2D eigenvalue weighted by atomic mass is 10.1. The first-order valence-electron chi connectivity index (χ1n) is 7.28. The number of nitrogens with one attached hydrogen (secondary N) is 1. The van der Waals surface area contributed by atoms with Gasteiger partial charge in [-0.25, -0.2) is 9.97 Å². The first kappa shape index (κ1) is 12.8. The number of rotatable bonds is 4. The van der Waals surface area contributed by atoms with Crippen molar-refractivity contribution in [1.82, 2.24) is 14.9 Å². The molecule has 1 fully saturated rings. The van der Waals surface area contributed by atoms with Crippen LogP contribution in [0, 0.1) is 0 Å². The highest BCUT2D eigenvalue weighted by atomic mass is 16.5. The highest BCUT2D eigenvalue weighted by Gasteiger charge is 2.18. The smallest absolute Gasteiger partial charge is 0.222 e. The minimum atomic E-state index is 0.329. The molecule has 1 unspecified atom stereocenters. The molecule has 1 saturated heterocycles. The summed E-state index contributed by atoms with van der Waals surface area (Å²) in [5.41, 5.74) is 2.48. The lowest BCUT2D eigenvalue weighted by molar-refractivity contribution is 0.120. The van der Waals surface area contributed by atoms with Gasteiger partial charge in [0.05, 0.1) is 11.8 Å². The highest BCUT2D eigenvalue weighted by molar-refractivity contribution is 5.31. The summed E-state index contributed by atoms with van der Waals surface area (Å²) in [6.07, 6.45) is 5.64. The molecule has 1 atom stereocenters. The van der Waals surface area contributed by atoms with Gasteiger partial charge in [-0.1, -0.05) is 6.92 Å². The van der Waals surface area contributed by atoms with Crippen molar-refractivity contribution >= 4 is 5.95 Å². The van der Waals surface area contributed by atoms with Crippen LogP contribution in [0.2, 0.25) is 0 Å². The number of nitrogens with zero attached hydrogens (tertiary/aromatic N) is 3. The molecule has 0 saturated carbocycles. The normalized spacial score (nSPS) is 23.3. The molecule has 0 aromatic carbocycles. The van der Waals surface area contributed by atoms with Gasteiger partial charge in [0.1, 0.15) is 0 Å². The van der Waals surface area contributed by atoms with Crippen molar-refractivity contribution < 1.29 is 4.74 Å². The predicted octanol–water partition coefficient (Wildman–Crippen LogP) is 1.45. The third-order valence-corrected chi connectivity index (χ3v) is 3.97. The standard InChI is InChI=1S/C14H22N4O/c1-2-18-6-5-13-11(10-18)8-15-14(17-13)16-9-12-4-3-7-19-12/h8,12H,2-7,9-10H2,1H3,(H,15,16,17). The second-order valence-electron chi connectivity index (χ2n) is 5.30. The number of ether oxygens (including phenoxy) is 1. The lowest BCUT2D eigenvalue weighted by Gasteiger charge is -2.26. The fourth-order valence-electron chi connectivity index (χ4n) is 2.74. The van der Waals surface area contributed by atoms with Crippen LogP contribution in [-0.2, 0) is 17.7 Å². The van der Waals surface area contributed by atoms with Gasteiger partial charge in [-0.15, -0.1) is 0 Å². The van der Waals surface area contributed by atoms with Crippen LogP contribution in [0.25, 0.3) is 0 Å². The second-order valence-corrected chi connectivity index (χ2v) is 5.30. The van der Waals surface area contributed by atoms with Crippen LogP contribution < -0.4 is 5.32 Å². The summed E-state index contributed by atoms with van der Waals surface area (Å²) in [5, 5.41) is 3.30. The third-order valence-electron chi connectivity index (χ3n) is 3.97. The molecule has 0 bridgehead atoms. The van der Waals surface area contributed by atoms with Crippen LogP contribution in [0.4, 0.5) is 5.95 Å². The van der Waals surface area contributed by atoms with Gasteiger partial charge < -0.3 is 10.1 Å². The molecule has 1 aromatic rings. The molecule has 1 N–H and O–H groups in total. The summed E-state index contributed by atoms with van der Waals surface area (Å²) >= 11 is 0. The number of hydrogen-bond acceptors (Lipinski definition) is 5. The van der Waals surface area contributed by atoms with E-state index >= 15 is 0 Å². The van der Waals surface area contributed by atoms with Gasteiger partial charge in [-0.2, -0.15) is 0 Å². The molecular weight excluding hydrogens is 240 g/mol. The van der Waals surface area contributed by atoms with Gasteiger partial charge in [0.25, 0.3) is 0 Å². The Morgan fingerprint density at radius 2 is 2.47 bits per heavy atom. The van der Waals surface area contributed by atoms with Gasteiger partial charge >= 0.3 is 0 Å². The predicted molar refractivity (Wildman–Crippen MR) is 74.2 cm³/mol. The molecule has 3 rings (SSSR count). The summed E-state index contributed by atoms with van der Waals surface area (Å²) in [6.45, 7) is 7.09. The number of anilines is 1. The van der Waals surface area contributed by atoms with Gasteiger partial charge in [0, 0.05) is 44.4 Å². The quantitative estimate of drug-likeness (QED) is 0.890. The van der Waals surface area contributed by atoms with E-state index in [0.717, 1.165) is 51.6 Å². The Hall–Kier alpha value is -1.20. The molecule has 104 valence electrons. The van der Waals surface area contributed by atoms with Crippen molar-refractivity contribution in [3.8, 4) is 0 Å². The Bertz CT molecular complexity index is 431. The Morgan fingerprint density at radius 3 is 3.26 bits per heavy atom. The Balaban J connectivity index is 1.61. The molecule has 5 nitrogen and oxygen atoms in total. The summed E-state index contributed by atoms with van der Waals surface area (Å²) in [6, 6.07) is 0. The maximum atomic E-state index is 5.59. The zero-order valence-corrected chi connectivity index (χ0v) is 11.6. The minimum Gasteiger partial charge on any atom is -0.376 e. The largest absolute Gasteiger partial charge is 0.376 e. The molecule has 0 spiro atoms. The van der Waals surface area contributed by atoms with Crippen LogP contribution in [0.5, 0.6) is 0 Å². The molecule has 0 aliphatic carbocycles. The average Bonchev–Trinajstić information content (AvgIpc) is 2.97. The maximum absolute atomic E-state index is 5.59. The molecule has 3 heterocycles. The number of fused-ring (bicyclic) bond motifs is 1. The molecular formula is C14H22N4O. The van der Waals surface area contributed by atoms with E-state index in [1.807, 2.05) is 6.20 Å². The molecule has 19 heavy (non-hydrogen) atoms. The highest BCUT2D eigenvalue weighted by Crippen LogP contribution is 2.18. The molecule has 5 heteroatoms. The minimum absolute atomic E-state index is 0.329. The van der Waals surface area contributed by atoms with Crippen molar-refractivity contribution in [2.24, 2.45) is 0 Å².